The molecule has 4 heterocycles. The second kappa shape index (κ2) is 6.01. The molecule has 2 N–H and O–H groups in total. The average Bonchev–Trinajstić information content (AvgIpc) is 3.21. The summed E-state index contributed by atoms with van der Waals surface area (Å²) in [6.07, 6.45) is 3.64. The molecule has 0 aliphatic carbocycles. The number of primary amides is 1. The Morgan fingerprint density at radius 1 is 1.29 bits per heavy atom. The normalized spacial score (nSPS) is 22.5. The van der Waals surface area contributed by atoms with Gasteiger partial charge in [-0.3, -0.25) is 9.59 Å². The minimum Gasteiger partial charge on any atom is -0.369 e. The van der Waals surface area contributed by atoms with Gasteiger partial charge in [0.2, 0.25) is 11.8 Å². The fourth-order valence-electron chi connectivity index (χ4n) is 3.67. The molecule has 8 heteroatoms. The third kappa shape index (κ3) is 2.60. The molecular formula is C16H19N5O2S. The fourth-order valence-corrected chi connectivity index (χ4v) is 4.53. The third-order valence-corrected chi connectivity index (χ3v) is 5.89. The van der Waals surface area contributed by atoms with Crippen LogP contribution in [-0.4, -0.2) is 52.4 Å². The molecule has 7 nitrogen and oxygen atoms in total. The van der Waals surface area contributed by atoms with Crippen molar-refractivity contribution in [1.29, 1.82) is 0 Å². The van der Waals surface area contributed by atoms with Gasteiger partial charge in [-0.05, 0) is 24.3 Å². The van der Waals surface area contributed by atoms with Crippen LogP contribution in [0.15, 0.2) is 17.8 Å². The second-order valence-corrected chi connectivity index (χ2v) is 7.32. The molecule has 1 atom stereocenters. The summed E-state index contributed by atoms with van der Waals surface area (Å²) in [5.74, 6) is 0.337. The van der Waals surface area contributed by atoms with Gasteiger partial charge >= 0.3 is 0 Å². The highest BCUT2D eigenvalue weighted by Gasteiger charge is 2.38. The zero-order chi connectivity index (χ0) is 16.7. The number of aromatic nitrogens is 2. The van der Waals surface area contributed by atoms with Crippen molar-refractivity contribution in [3.05, 3.63) is 17.8 Å². The number of rotatable bonds is 3. The van der Waals surface area contributed by atoms with Crippen molar-refractivity contribution in [3.63, 3.8) is 0 Å². The van der Waals surface area contributed by atoms with E-state index in [4.69, 9.17) is 5.73 Å². The van der Waals surface area contributed by atoms with E-state index in [0.29, 0.717) is 6.54 Å². The first-order valence-corrected chi connectivity index (χ1v) is 9.03. The number of piperidine rings is 1. The molecule has 1 unspecified atom stereocenters. The molecule has 126 valence electrons. The van der Waals surface area contributed by atoms with Crippen molar-refractivity contribution >= 4 is 39.2 Å². The molecule has 0 saturated carbocycles. The van der Waals surface area contributed by atoms with Gasteiger partial charge in [0, 0.05) is 32.1 Å². The molecule has 2 aliphatic heterocycles. The Balaban J connectivity index is 1.45. The molecule has 0 spiro atoms. The highest BCUT2D eigenvalue weighted by Crippen LogP contribution is 2.31. The number of hydrogen-bond acceptors (Lipinski definition) is 6. The number of thiophene rings is 1. The Kier molecular flexibility index (Phi) is 3.84. The van der Waals surface area contributed by atoms with Gasteiger partial charge in [-0.15, -0.1) is 11.3 Å². The van der Waals surface area contributed by atoms with E-state index in [1.54, 1.807) is 17.7 Å². The smallest absolute Gasteiger partial charge is 0.223 e. The van der Waals surface area contributed by atoms with Crippen LogP contribution in [0.25, 0.3) is 10.2 Å². The Morgan fingerprint density at radius 2 is 2.08 bits per heavy atom. The SMILES string of the molecule is NC(=O)C1CC(=O)N(C2CCN(c3ncnc4ccsc34)CC2)C1. The van der Waals surface area contributed by atoms with Crippen LogP contribution in [0.2, 0.25) is 0 Å². The Hall–Kier alpha value is -2.22. The third-order valence-electron chi connectivity index (χ3n) is 4.99. The number of anilines is 1. The quantitative estimate of drug-likeness (QED) is 0.896. The van der Waals surface area contributed by atoms with E-state index in [-0.39, 0.29) is 30.2 Å². The van der Waals surface area contributed by atoms with E-state index in [1.165, 1.54) is 0 Å². The maximum Gasteiger partial charge on any atom is 0.223 e. The summed E-state index contributed by atoms with van der Waals surface area (Å²) in [6, 6.07) is 2.20. The van der Waals surface area contributed by atoms with Gasteiger partial charge in [0.1, 0.15) is 12.1 Å². The molecule has 2 saturated heterocycles. The van der Waals surface area contributed by atoms with Gasteiger partial charge in [0.05, 0.1) is 16.1 Å². The van der Waals surface area contributed by atoms with E-state index < -0.39 is 0 Å². The van der Waals surface area contributed by atoms with Crippen LogP contribution in [0.5, 0.6) is 0 Å². The lowest BCUT2D eigenvalue weighted by Crippen LogP contribution is -2.46. The zero-order valence-corrected chi connectivity index (χ0v) is 14.0. The first-order chi connectivity index (χ1) is 11.6. The highest BCUT2D eigenvalue weighted by atomic mass is 32.1. The zero-order valence-electron chi connectivity index (χ0n) is 13.2. The molecule has 2 fully saturated rings. The summed E-state index contributed by atoms with van der Waals surface area (Å²) in [5, 5.41) is 2.03. The number of amides is 2. The molecule has 2 aromatic heterocycles. The van der Waals surface area contributed by atoms with Crippen molar-refractivity contribution in [2.24, 2.45) is 11.7 Å². The van der Waals surface area contributed by atoms with Gasteiger partial charge in [0.25, 0.3) is 0 Å². The predicted molar refractivity (Wildman–Crippen MR) is 91.7 cm³/mol. The molecule has 0 bridgehead atoms. The van der Waals surface area contributed by atoms with Crippen molar-refractivity contribution in [3.8, 4) is 0 Å². The first-order valence-electron chi connectivity index (χ1n) is 8.15. The maximum atomic E-state index is 12.2. The monoisotopic (exact) mass is 345 g/mol. The van der Waals surface area contributed by atoms with Gasteiger partial charge in [-0.2, -0.15) is 0 Å². The van der Waals surface area contributed by atoms with Crippen molar-refractivity contribution in [1.82, 2.24) is 14.9 Å². The topological polar surface area (TPSA) is 92.4 Å². The number of carbonyl (C=O) groups excluding carboxylic acids is 2. The van der Waals surface area contributed by atoms with E-state index in [2.05, 4.69) is 14.9 Å². The number of hydrogen-bond donors (Lipinski definition) is 1. The summed E-state index contributed by atoms with van der Waals surface area (Å²) in [7, 11) is 0. The average molecular weight is 345 g/mol. The number of nitrogens with two attached hydrogens (primary N) is 1. The number of nitrogens with zero attached hydrogens (tertiary/aromatic N) is 4. The van der Waals surface area contributed by atoms with Crippen LogP contribution in [0, 0.1) is 5.92 Å². The van der Waals surface area contributed by atoms with E-state index >= 15 is 0 Å². The number of carbonyl (C=O) groups is 2. The van der Waals surface area contributed by atoms with Crippen LogP contribution in [-0.2, 0) is 9.59 Å². The van der Waals surface area contributed by atoms with E-state index in [9.17, 15) is 9.59 Å². The lowest BCUT2D eigenvalue weighted by Gasteiger charge is -2.37. The molecule has 4 rings (SSSR count). The van der Waals surface area contributed by atoms with E-state index in [1.807, 2.05) is 16.3 Å². The van der Waals surface area contributed by atoms with Crippen LogP contribution >= 0.6 is 11.3 Å². The van der Waals surface area contributed by atoms with Crippen molar-refractivity contribution < 1.29 is 9.59 Å². The standard InChI is InChI=1S/C16H19N5O2S/c17-15(23)10-7-13(22)21(8-10)11-1-4-20(5-2-11)16-14-12(3-6-24-14)18-9-19-16/h3,6,9-11H,1-2,4-5,7-8H2,(H2,17,23). The van der Waals surface area contributed by atoms with Crippen LogP contribution in [0.1, 0.15) is 19.3 Å². The first kappa shape index (κ1) is 15.3. The predicted octanol–water partition coefficient (Wildman–Crippen LogP) is 0.994. The van der Waals surface area contributed by atoms with Crippen LogP contribution in [0.3, 0.4) is 0 Å². The van der Waals surface area contributed by atoms with Gasteiger partial charge < -0.3 is 15.5 Å². The fraction of sp³-hybridized carbons (Fsp3) is 0.500. The Morgan fingerprint density at radius 3 is 2.79 bits per heavy atom. The lowest BCUT2D eigenvalue weighted by molar-refractivity contribution is -0.130. The van der Waals surface area contributed by atoms with Gasteiger partial charge in [-0.1, -0.05) is 0 Å². The Labute approximate surface area is 143 Å². The molecule has 0 radical (unpaired) electrons. The summed E-state index contributed by atoms with van der Waals surface area (Å²) in [4.78, 5) is 36.4. The van der Waals surface area contributed by atoms with Gasteiger partial charge in [-0.25, -0.2) is 9.97 Å². The van der Waals surface area contributed by atoms with E-state index in [0.717, 1.165) is 42.0 Å². The molecule has 2 aromatic rings. The summed E-state index contributed by atoms with van der Waals surface area (Å²) >= 11 is 1.66. The molecule has 2 aliphatic rings. The maximum absolute atomic E-state index is 12.2. The number of likely N-dealkylation sites (tertiary alicyclic amines) is 1. The minimum absolute atomic E-state index is 0.0555. The summed E-state index contributed by atoms with van der Waals surface area (Å²) in [5.41, 5.74) is 6.33. The number of fused-ring (bicyclic) bond motifs is 1. The minimum atomic E-state index is -0.371. The Bertz CT molecular complexity index is 784. The van der Waals surface area contributed by atoms with Crippen molar-refractivity contribution in [2.45, 2.75) is 25.3 Å². The second-order valence-electron chi connectivity index (χ2n) is 6.40. The van der Waals surface area contributed by atoms with Crippen molar-refractivity contribution in [2.75, 3.05) is 24.5 Å². The van der Waals surface area contributed by atoms with Crippen LogP contribution in [0.4, 0.5) is 5.82 Å². The summed E-state index contributed by atoms with van der Waals surface area (Å²) < 4.78 is 1.11. The highest BCUT2D eigenvalue weighted by molar-refractivity contribution is 7.17. The molecule has 2 amide bonds. The molecule has 0 aromatic carbocycles. The lowest BCUT2D eigenvalue weighted by atomic mass is 10.0. The largest absolute Gasteiger partial charge is 0.369 e. The summed E-state index contributed by atoms with van der Waals surface area (Å²) in [6.45, 7) is 2.17. The van der Waals surface area contributed by atoms with Crippen LogP contribution < -0.4 is 10.6 Å². The molecular weight excluding hydrogens is 326 g/mol. The van der Waals surface area contributed by atoms with Gasteiger partial charge in [0.15, 0.2) is 0 Å². The molecule has 24 heavy (non-hydrogen) atoms.